The molecule has 1 atom stereocenters. The molecule has 2 aromatic carbocycles. The van der Waals surface area contributed by atoms with Crippen molar-refractivity contribution in [2.45, 2.75) is 38.4 Å². The summed E-state index contributed by atoms with van der Waals surface area (Å²) in [5, 5.41) is 4.03. The first-order valence-electron chi connectivity index (χ1n) is 10.3. The Hall–Kier alpha value is -3.36. The molecule has 2 heterocycles. The van der Waals surface area contributed by atoms with E-state index in [1.54, 1.807) is 4.90 Å². The molecule has 6 nitrogen and oxygen atoms in total. The summed E-state index contributed by atoms with van der Waals surface area (Å²) in [6, 6.07) is 12.2. The van der Waals surface area contributed by atoms with Gasteiger partial charge in [-0.3, -0.25) is 4.79 Å². The largest absolute Gasteiger partial charge is 0.494 e. The molecule has 1 fully saturated rings. The summed E-state index contributed by atoms with van der Waals surface area (Å²) >= 11 is 0. The van der Waals surface area contributed by atoms with Gasteiger partial charge in [0.25, 0.3) is 0 Å². The van der Waals surface area contributed by atoms with Crippen LogP contribution in [-0.4, -0.2) is 34.1 Å². The van der Waals surface area contributed by atoms with E-state index < -0.39 is 11.7 Å². The molecule has 1 saturated heterocycles. The summed E-state index contributed by atoms with van der Waals surface area (Å²) in [5.41, 5.74) is 0.689. The molecule has 0 N–H and O–H groups in total. The zero-order valence-corrected chi connectivity index (χ0v) is 17.4. The highest BCUT2D eigenvalue weighted by Crippen LogP contribution is 2.32. The van der Waals surface area contributed by atoms with Gasteiger partial charge in [-0.25, -0.2) is 0 Å². The van der Waals surface area contributed by atoms with Crippen LogP contribution in [0, 0.1) is 0 Å². The van der Waals surface area contributed by atoms with E-state index in [0.717, 1.165) is 29.9 Å². The number of benzene rings is 2. The van der Waals surface area contributed by atoms with Crippen LogP contribution >= 0.6 is 0 Å². The molecule has 1 aliphatic rings. The van der Waals surface area contributed by atoms with Crippen LogP contribution in [0.2, 0.25) is 0 Å². The average molecular weight is 445 g/mol. The predicted molar refractivity (Wildman–Crippen MR) is 110 cm³/mol. The third-order valence-corrected chi connectivity index (χ3v) is 5.25. The Kier molecular flexibility index (Phi) is 6.16. The molecular weight excluding hydrogens is 423 g/mol. The fourth-order valence-corrected chi connectivity index (χ4v) is 3.55. The first-order chi connectivity index (χ1) is 15.3. The molecule has 1 amide bonds. The Bertz CT molecular complexity index is 1060. The van der Waals surface area contributed by atoms with Crippen molar-refractivity contribution in [1.29, 1.82) is 0 Å². The lowest BCUT2D eigenvalue weighted by Gasteiger charge is -2.16. The topological polar surface area (TPSA) is 68.5 Å². The van der Waals surface area contributed by atoms with Crippen molar-refractivity contribution in [3.63, 3.8) is 0 Å². The zero-order valence-electron chi connectivity index (χ0n) is 17.4. The Morgan fingerprint density at radius 1 is 1.12 bits per heavy atom. The van der Waals surface area contributed by atoms with E-state index in [2.05, 4.69) is 10.1 Å². The van der Waals surface area contributed by atoms with Crippen LogP contribution < -0.4 is 4.74 Å². The van der Waals surface area contributed by atoms with Crippen molar-refractivity contribution < 1.29 is 27.2 Å². The second-order valence-electron chi connectivity index (χ2n) is 7.70. The molecule has 1 aromatic heterocycles. The van der Waals surface area contributed by atoms with Crippen molar-refractivity contribution in [3.05, 3.63) is 65.5 Å². The van der Waals surface area contributed by atoms with Gasteiger partial charge in [0.15, 0.2) is 0 Å². The van der Waals surface area contributed by atoms with Crippen LogP contribution in [0.15, 0.2) is 53.1 Å². The number of carbonyl (C=O) groups is 1. The lowest BCUT2D eigenvalue weighted by atomic mass is 10.1. The van der Waals surface area contributed by atoms with E-state index >= 15 is 0 Å². The highest BCUT2D eigenvalue weighted by Gasteiger charge is 2.35. The molecule has 0 radical (unpaired) electrons. The molecule has 9 heteroatoms. The third-order valence-electron chi connectivity index (χ3n) is 5.25. The van der Waals surface area contributed by atoms with Gasteiger partial charge in [0.1, 0.15) is 5.75 Å². The van der Waals surface area contributed by atoms with Crippen molar-refractivity contribution in [3.8, 4) is 17.1 Å². The van der Waals surface area contributed by atoms with E-state index in [1.165, 1.54) is 12.1 Å². The molecule has 0 aliphatic carbocycles. The van der Waals surface area contributed by atoms with Gasteiger partial charge in [0.2, 0.25) is 17.6 Å². The minimum Gasteiger partial charge on any atom is -0.494 e. The molecule has 32 heavy (non-hydrogen) atoms. The number of hydrogen-bond acceptors (Lipinski definition) is 5. The van der Waals surface area contributed by atoms with Crippen LogP contribution in [0.3, 0.4) is 0 Å². The maximum Gasteiger partial charge on any atom is 0.416 e. The quantitative estimate of drug-likeness (QED) is 0.509. The highest BCUT2D eigenvalue weighted by atomic mass is 19.4. The van der Waals surface area contributed by atoms with Crippen molar-refractivity contribution in [2.75, 3.05) is 13.2 Å². The van der Waals surface area contributed by atoms with Gasteiger partial charge in [0.05, 0.1) is 18.1 Å². The number of carbonyl (C=O) groups excluding carboxylic acids is 1. The maximum absolute atomic E-state index is 12.7. The summed E-state index contributed by atoms with van der Waals surface area (Å²) in [6.45, 7) is 3.27. The minimum atomic E-state index is -4.38. The average Bonchev–Trinajstić information content (AvgIpc) is 3.40. The van der Waals surface area contributed by atoms with Crippen LogP contribution in [0.25, 0.3) is 11.4 Å². The summed E-state index contributed by atoms with van der Waals surface area (Å²) in [6.07, 6.45) is -3.25. The predicted octanol–water partition coefficient (Wildman–Crippen LogP) is 5.06. The molecule has 0 spiro atoms. The summed E-state index contributed by atoms with van der Waals surface area (Å²) in [5.74, 6) is 1.20. The standard InChI is InChI=1S/C23H22F3N3O3/c1-2-11-31-19-9-5-16(6-10-19)21-27-22(32-28-21)17-12-20(30)29(14-17)13-15-3-7-18(8-4-15)23(24,25)26/h3-10,17H,2,11-14H2,1H3. The Morgan fingerprint density at radius 2 is 1.84 bits per heavy atom. The maximum atomic E-state index is 12.7. The number of hydrogen-bond donors (Lipinski definition) is 0. The van der Waals surface area contributed by atoms with Crippen LogP contribution in [-0.2, 0) is 17.5 Å². The summed E-state index contributed by atoms with van der Waals surface area (Å²) in [4.78, 5) is 18.5. The van der Waals surface area contributed by atoms with Gasteiger partial charge < -0.3 is 14.2 Å². The van der Waals surface area contributed by atoms with E-state index in [4.69, 9.17) is 9.26 Å². The number of ether oxygens (including phenoxy) is 1. The van der Waals surface area contributed by atoms with Gasteiger partial charge in [-0.1, -0.05) is 24.2 Å². The van der Waals surface area contributed by atoms with Crippen LogP contribution in [0.5, 0.6) is 5.75 Å². The Morgan fingerprint density at radius 3 is 2.50 bits per heavy atom. The first kappa shape index (κ1) is 21.9. The number of alkyl halides is 3. The lowest BCUT2D eigenvalue weighted by Crippen LogP contribution is -2.24. The number of aromatic nitrogens is 2. The smallest absolute Gasteiger partial charge is 0.416 e. The summed E-state index contributed by atoms with van der Waals surface area (Å²) < 4.78 is 49.1. The third kappa shape index (κ3) is 4.92. The second kappa shape index (κ2) is 9.02. The molecule has 3 aromatic rings. The molecule has 0 saturated carbocycles. The Labute approximate surface area is 183 Å². The minimum absolute atomic E-state index is 0.105. The normalized spacial score (nSPS) is 16.6. The van der Waals surface area contributed by atoms with E-state index in [-0.39, 0.29) is 24.8 Å². The fourth-order valence-electron chi connectivity index (χ4n) is 3.55. The molecule has 1 unspecified atom stereocenters. The molecule has 4 rings (SSSR count). The molecule has 168 valence electrons. The van der Waals surface area contributed by atoms with Crippen LogP contribution in [0.4, 0.5) is 13.2 Å². The van der Waals surface area contributed by atoms with E-state index in [0.29, 0.717) is 30.4 Å². The second-order valence-corrected chi connectivity index (χ2v) is 7.70. The number of rotatable bonds is 7. The number of likely N-dealkylation sites (tertiary alicyclic amines) is 1. The van der Waals surface area contributed by atoms with Crippen LogP contribution in [0.1, 0.15) is 42.7 Å². The highest BCUT2D eigenvalue weighted by molar-refractivity contribution is 5.79. The van der Waals surface area contributed by atoms with Gasteiger partial charge in [0, 0.05) is 25.1 Å². The van der Waals surface area contributed by atoms with E-state index in [1.807, 2.05) is 31.2 Å². The van der Waals surface area contributed by atoms with Gasteiger partial charge in [-0.15, -0.1) is 0 Å². The van der Waals surface area contributed by atoms with Crippen molar-refractivity contribution in [2.24, 2.45) is 0 Å². The van der Waals surface area contributed by atoms with E-state index in [9.17, 15) is 18.0 Å². The Balaban J connectivity index is 1.39. The van der Waals surface area contributed by atoms with Gasteiger partial charge in [-0.2, -0.15) is 18.2 Å². The fraction of sp³-hybridized carbons (Fsp3) is 0.348. The lowest BCUT2D eigenvalue weighted by molar-refractivity contribution is -0.137. The number of amides is 1. The van der Waals surface area contributed by atoms with Crippen molar-refractivity contribution >= 4 is 5.91 Å². The van der Waals surface area contributed by atoms with Crippen molar-refractivity contribution in [1.82, 2.24) is 15.0 Å². The molecular formula is C23H22F3N3O3. The van der Waals surface area contributed by atoms with Gasteiger partial charge in [-0.05, 0) is 48.4 Å². The monoisotopic (exact) mass is 445 g/mol. The van der Waals surface area contributed by atoms with Gasteiger partial charge >= 0.3 is 6.18 Å². The SMILES string of the molecule is CCCOc1ccc(-c2noc(C3CC(=O)N(Cc4ccc(C(F)(F)F)cc4)C3)n2)cc1. The molecule has 1 aliphatic heterocycles. The molecule has 0 bridgehead atoms. The number of halogens is 3. The number of nitrogens with zero attached hydrogens (tertiary/aromatic N) is 3. The zero-order chi connectivity index (χ0) is 22.7. The summed E-state index contributed by atoms with van der Waals surface area (Å²) in [7, 11) is 0. The first-order valence-corrected chi connectivity index (χ1v) is 10.3.